The van der Waals surface area contributed by atoms with Crippen LogP contribution in [0.1, 0.15) is 23.1 Å². The Morgan fingerprint density at radius 2 is 1.90 bits per heavy atom. The maximum absolute atomic E-state index is 13.8. The van der Waals surface area contributed by atoms with Gasteiger partial charge < -0.3 is 10.4 Å². The highest BCUT2D eigenvalue weighted by Gasteiger charge is 2.38. The van der Waals surface area contributed by atoms with Gasteiger partial charge in [-0.05, 0) is 35.6 Å². The van der Waals surface area contributed by atoms with Gasteiger partial charge in [-0.2, -0.15) is 0 Å². The molecule has 3 rings (SSSR count). The molecule has 0 bridgehead atoms. The fraction of sp³-hybridized carbons (Fsp3) is 0.294. The van der Waals surface area contributed by atoms with Crippen molar-refractivity contribution < 1.29 is 9.50 Å². The molecule has 20 heavy (non-hydrogen) atoms. The van der Waals surface area contributed by atoms with Crippen molar-refractivity contribution in [1.29, 1.82) is 0 Å². The van der Waals surface area contributed by atoms with E-state index in [0.29, 0.717) is 13.0 Å². The number of halogens is 1. The van der Waals surface area contributed by atoms with Gasteiger partial charge in [-0.15, -0.1) is 0 Å². The second-order valence-corrected chi connectivity index (χ2v) is 5.35. The van der Waals surface area contributed by atoms with Gasteiger partial charge in [-0.25, -0.2) is 4.39 Å². The molecule has 1 atom stereocenters. The number of hydrogen-bond acceptors (Lipinski definition) is 2. The largest absolute Gasteiger partial charge is 0.394 e. The van der Waals surface area contributed by atoms with Gasteiger partial charge in [0, 0.05) is 6.54 Å². The van der Waals surface area contributed by atoms with Crippen LogP contribution in [0.2, 0.25) is 0 Å². The van der Waals surface area contributed by atoms with Crippen molar-refractivity contribution in [2.24, 2.45) is 0 Å². The quantitative estimate of drug-likeness (QED) is 0.896. The van der Waals surface area contributed by atoms with E-state index in [9.17, 15) is 9.50 Å². The molecule has 2 nitrogen and oxygen atoms in total. The first-order valence-electron chi connectivity index (χ1n) is 6.93. The third-order valence-corrected chi connectivity index (χ3v) is 4.18. The maximum atomic E-state index is 13.8. The van der Waals surface area contributed by atoms with E-state index < -0.39 is 5.54 Å². The Balaban J connectivity index is 1.86. The Labute approximate surface area is 118 Å². The number of aliphatic hydroxyl groups is 1. The molecule has 0 aromatic heterocycles. The van der Waals surface area contributed by atoms with Crippen LogP contribution < -0.4 is 5.32 Å². The summed E-state index contributed by atoms with van der Waals surface area (Å²) in [7, 11) is 0. The van der Waals surface area contributed by atoms with Crippen LogP contribution in [0, 0.1) is 5.82 Å². The summed E-state index contributed by atoms with van der Waals surface area (Å²) in [5.41, 5.74) is 2.27. The summed E-state index contributed by atoms with van der Waals surface area (Å²) >= 11 is 0. The van der Waals surface area contributed by atoms with Crippen molar-refractivity contribution in [3.8, 4) is 0 Å². The molecule has 1 aliphatic carbocycles. The van der Waals surface area contributed by atoms with Crippen LogP contribution in [0.25, 0.3) is 0 Å². The molecule has 104 valence electrons. The predicted molar refractivity (Wildman–Crippen MR) is 76.8 cm³/mol. The molecule has 0 heterocycles. The molecule has 0 amide bonds. The number of benzene rings is 2. The van der Waals surface area contributed by atoms with E-state index in [4.69, 9.17) is 0 Å². The first kappa shape index (κ1) is 13.3. The van der Waals surface area contributed by atoms with Crippen LogP contribution in [0.5, 0.6) is 0 Å². The van der Waals surface area contributed by atoms with E-state index in [-0.39, 0.29) is 12.4 Å². The normalized spacial score (nSPS) is 20.9. The third kappa shape index (κ3) is 2.23. The summed E-state index contributed by atoms with van der Waals surface area (Å²) in [5, 5.41) is 13.3. The van der Waals surface area contributed by atoms with E-state index in [1.165, 1.54) is 6.07 Å². The zero-order chi connectivity index (χ0) is 14.0. The van der Waals surface area contributed by atoms with E-state index in [2.05, 4.69) is 5.32 Å². The van der Waals surface area contributed by atoms with Crippen LogP contribution in [-0.2, 0) is 18.5 Å². The number of hydrogen-bond donors (Lipinski definition) is 2. The Hall–Kier alpha value is -1.71. The van der Waals surface area contributed by atoms with Gasteiger partial charge in [-0.1, -0.05) is 42.5 Å². The van der Waals surface area contributed by atoms with Gasteiger partial charge in [0.2, 0.25) is 0 Å². The van der Waals surface area contributed by atoms with Gasteiger partial charge in [0.25, 0.3) is 0 Å². The monoisotopic (exact) mass is 271 g/mol. The zero-order valence-corrected chi connectivity index (χ0v) is 11.3. The smallest absolute Gasteiger partial charge is 0.126 e. The SMILES string of the molecule is OCC1(NCc2ccccc2)CCc2c(F)cccc21. The molecule has 2 N–H and O–H groups in total. The molecular formula is C17H18FNO. The van der Waals surface area contributed by atoms with Crippen molar-refractivity contribution >= 4 is 0 Å². The van der Waals surface area contributed by atoms with E-state index in [1.807, 2.05) is 36.4 Å². The number of rotatable bonds is 4. The molecular weight excluding hydrogens is 253 g/mol. The van der Waals surface area contributed by atoms with Gasteiger partial charge in [0.15, 0.2) is 0 Å². The van der Waals surface area contributed by atoms with Crippen molar-refractivity contribution in [3.63, 3.8) is 0 Å². The van der Waals surface area contributed by atoms with E-state index in [0.717, 1.165) is 23.1 Å². The topological polar surface area (TPSA) is 32.3 Å². The zero-order valence-electron chi connectivity index (χ0n) is 11.3. The highest BCUT2D eigenvalue weighted by Crippen LogP contribution is 2.38. The summed E-state index contributed by atoms with van der Waals surface area (Å²) in [4.78, 5) is 0. The van der Waals surface area contributed by atoms with Crippen molar-refractivity contribution in [1.82, 2.24) is 5.32 Å². The van der Waals surface area contributed by atoms with Crippen molar-refractivity contribution in [3.05, 3.63) is 71.0 Å². The average molecular weight is 271 g/mol. The van der Waals surface area contributed by atoms with Crippen LogP contribution >= 0.6 is 0 Å². The molecule has 1 aliphatic rings. The molecule has 3 heteroatoms. The minimum Gasteiger partial charge on any atom is -0.394 e. The van der Waals surface area contributed by atoms with Gasteiger partial charge >= 0.3 is 0 Å². The second kappa shape index (κ2) is 5.35. The van der Waals surface area contributed by atoms with Crippen molar-refractivity contribution in [2.75, 3.05) is 6.61 Å². The Morgan fingerprint density at radius 3 is 2.65 bits per heavy atom. The van der Waals surface area contributed by atoms with Gasteiger partial charge in [0.05, 0.1) is 12.1 Å². The van der Waals surface area contributed by atoms with E-state index >= 15 is 0 Å². The average Bonchev–Trinajstić information content (AvgIpc) is 2.87. The summed E-state index contributed by atoms with van der Waals surface area (Å²) in [5.74, 6) is -0.167. The standard InChI is InChI=1S/C17H18FNO/c18-16-8-4-7-15-14(16)9-10-17(15,12-20)19-11-13-5-2-1-3-6-13/h1-8,19-20H,9-12H2. The lowest BCUT2D eigenvalue weighted by atomic mass is 9.92. The minimum absolute atomic E-state index is 0.0176. The lowest BCUT2D eigenvalue weighted by Crippen LogP contribution is -2.43. The molecule has 1 unspecified atom stereocenters. The number of aliphatic hydroxyl groups excluding tert-OH is 1. The summed E-state index contributed by atoms with van der Waals surface area (Å²) in [6.07, 6.45) is 1.40. The first-order valence-corrected chi connectivity index (χ1v) is 6.93. The second-order valence-electron chi connectivity index (χ2n) is 5.35. The lowest BCUT2D eigenvalue weighted by Gasteiger charge is -2.30. The fourth-order valence-corrected chi connectivity index (χ4v) is 3.01. The Kier molecular flexibility index (Phi) is 3.55. The molecule has 2 aromatic carbocycles. The Bertz CT molecular complexity index is 599. The van der Waals surface area contributed by atoms with Gasteiger partial charge in [-0.3, -0.25) is 0 Å². The summed E-state index contributed by atoms with van der Waals surface area (Å²) < 4.78 is 13.8. The first-order chi connectivity index (χ1) is 9.75. The molecule has 0 fully saturated rings. The number of fused-ring (bicyclic) bond motifs is 1. The summed E-state index contributed by atoms with van der Waals surface area (Å²) in [6.45, 7) is 0.646. The third-order valence-electron chi connectivity index (χ3n) is 4.18. The lowest BCUT2D eigenvalue weighted by molar-refractivity contribution is 0.159. The van der Waals surface area contributed by atoms with Gasteiger partial charge in [0.1, 0.15) is 5.82 Å². The number of nitrogens with one attached hydrogen (secondary N) is 1. The molecule has 0 spiro atoms. The summed E-state index contributed by atoms with van der Waals surface area (Å²) in [6, 6.07) is 15.2. The molecule has 0 saturated carbocycles. The fourth-order valence-electron chi connectivity index (χ4n) is 3.01. The predicted octanol–water partition coefficient (Wildman–Crippen LogP) is 2.75. The molecule has 2 aromatic rings. The van der Waals surface area contributed by atoms with Crippen molar-refractivity contribution in [2.45, 2.75) is 24.9 Å². The van der Waals surface area contributed by atoms with Crippen LogP contribution in [0.15, 0.2) is 48.5 Å². The van der Waals surface area contributed by atoms with E-state index in [1.54, 1.807) is 6.07 Å². The maximum Gasteiger partial charge on any atom is 0.126 e. The van der Waals surface area contributed by atoms with Crippen LogP contribution in [-0.4, -0.2) is 11.7 Å². The molecule has 0 saturated heterocycles. The molecule has 0 radical (unpaired) electrons. The highest BCUT2D eigenvalue weighted by molar-refractivity contribution is 5.40. The van der Waals surface area contributed by atoms with Crippen LogP contribution in [0.3, 0.4) is 0 Å². The minimum atomic E-state index is -0.521. The Morgan fingerprint density at radius 1 is 1.10 bits per heavy atom. The van der Waals surface area contributed by atoms with Crippen LogP contribution in [0.4, 0.5) is 4.39 Å². The highest BCUT2D eigenvalue weighted by atomic mass is 19.1. The molecule has 0 aliphatic heterocycles.